The molecule has 3 nitrogen and oxygen atoms in total. The number of fused-ring (bicyclic) bond motifs is 1. The van der Waals surface area contributed by atoms with E-state index in [1.54, 1.807) is 0 Å². The lowest BCUT2D eigenvalue weighted by atomic mass is 9.83. The fourth-order valence-electron chi connectivity index (χ4n) is 5.01. The fourth-order valence-corrected chi connectivity index (χ4v) is 5.01. The van der Waals surface area contributed by atoms with Gasteiger partial charge in [-0.3, -0.25) is 4.79 Å². The maximum Gasteiger partial charge on any atom is 0.254 e. The SMILES string of the molecule is C[C@]12C[C@@H](Cc3ccccc3)N[C@H]1CCCCCN2C(=O)c1ccccc1. The Hall–Kier alpha value is -2.13. The number of amides is 1. The minimum Gasteiger partial charge on any atom is -0.332 e. The number of likely N-dealkylation sites (tertiary alicyclic amines) is 1. The van der Waals surface area contributed by atoms with Crippen LogP contribution in [0.3, 0.4) is 0 Å². The lowest BCUT2D eigenvalue weighted by Gasteiger charge is -2.44. The molecule has 2 heterocycles. The summed E-state index contributed by atoms with van der Waals surface area (Å²) in [6.07, 6.45) is 6.75. The third kappa shape index (κ3) is 3.79. The van der Waals surface area contributed by atoms with E-state index in [1.165, 1.54) is 18.4 Å². The molecule has 0 aromatic heterocycles. The second-order valence-corrected chi connectivity index (χ2v) is 8.34. The highest BCUT2D eigenvalue weighted by molar-refractivity contribution is 5.94. The largest absolute Gasteiger partial charge is 0.332 e. The predicted octanol–water partition coefficient (Wildman–Crippen LogP) is 4.43. The highest BCUT2D eigenvalue weighted by atomic mass is 16.2. The topological polar surface area (TPSA) is 32.3 Å². The van der Waals surface area contributed by atoms with Gasteiger partial charge in [-0.15, -0.1) is 0 Å². The van der Waals surface area contributed by atoms with Crippen LogP contribution in [0.1, 0.15) is 54.9 Å². The molecule has 2 aliphatic heterocycles. The van der Waals surface area contributed by atoms with Gasteiger partial charge in [0.05, 0.1) is 5.54 Å². The number of carbonyl (C=O) groups excluding carboxylic acids is 1. The van der Waals surface area contributed by atoms with Crippen LogP contribution in [0.2, 0.25) is 0 Å². The Labute approximate surface area is 162 Å². The van der Waals surface area contributed by atoms with Crippen molar-refractivity contribution in [2.75, 3.05) is 6.54 Å². The maximum absolute atomic E-state index is 13.4. The van der Waals surface area contributed by atoms with E-state index in [0.717, 1.165) is 37.8 Å². The van der Waals surface area contributed by atoms with Gasteiger partial charge in [0.25, 0.3) is 5.91 Å². The molecule has 2 saturated heterocycles. The molecule has 2 fully saturated rings. The first kappa shape index (κ1) is 18.2. The van der Waals surface area contributed by atoms with Gasteiger partial charge < -0.3 is 10.2 Å². The van der Waals surface area contributed by atoms with Gasteiger partial charge in [-0.05, 0) is 50.3 Å². The second kappa shape index (κ2) is 7.85. The van der Waals surface area contributed by atoms with Gasteiger partial charge in [0.15, 0.2) is 0 Å². The molecule has 0 saturated carbocycles. The second-order valence-electron chi connectivity index (χ2n) is 8.34. The summed E-state index contributed by atoms with van der Waals surface area (Å²) in [6.45, 7) is 3.17. The number of hydrogen-bond acceptors (Lipinski definition) is 2. The molecule has 2 aliphatic rings. The highest BCUT2D eigenvalue weighted by Crippen LogP contribution is 2.37. The van der Waals surface area contributed by atoms with Crippen LogP contribution < -0.4 is 5.32 Å². The van der Waals surface area contributed by atoms with Crippen molar-refractivity contribution >= 4 is 5.91 Å². The Morgan fingerprint density at radius 2 is 1.74 bits per heavy atom. The van der Waals surface area contributed by atoms with Crippen LogP contribution in [-0.4, -0.2) is 35.0 Å². The first-order valence-electron chi connectivity index (χ1n) is 10.3. The van der Waals surface area contributed by atoms with Crippen molar-refractivity contribution in [2.45, 2.75) is 63.1 Å². The van der Waals surface area contributed by atoms with Crippen molar-refractivity contribution in [3.05, 3.63) is 71.8 Å². The van der Waals surface area contributed by atoms with E-state index in [1.807, 2.05) is 30.3 Å². The quantitative estimate of drug-likeness (QED) is 0.876. The lowest BCUT2D eigenvalue weighted by Crippen LogP contribution is -2.57. The minimum absolute atomic E-state index is 0.118. The van der Waals surface area contributed by atoms with Gasteiger partial charge in [0.1, 0.15) is 0 Å². The Kier molecular flexibility index (Phi) is 5.31. The Morgan fingerprint density at radius 3 is 2.48 bits per heavy atom. The molecule has 3 atom stereocenters. The van der Waals surface area contributed by atoms with Crippen LogP contribution in [0.15, 0.2) is 60.7 Å². The minimum atomic E-state index is -0.118. The van der Waals surface area contributed by atoms with Crippen molar-refractivity contribution in [3.8, 4) is 0 Å². The van der Waals surface area contributed by atoms with E-state index in [0.29, 0.717) is 12.1 Å². The normalized spacial score (nSPS) is 28.3. The van der Waals surface area contributed by atoms with Crippen molar-refractivity contribution < 1.29 is 4.79 Å². The number of benzene rings is 2. The molecule has 0 aliphatic carbocycles. The zero-order chi connectivity index (χ0) is 18.7. The number of nitrogens with one attached hydrogen (secondary N) is 1. The third-order valence-corrected chi connectivity index (χ3v) is 6.43. The molecule has 0 radical (unpaired) electrons. The number of nitrogens with zero attached hydrogens (tertiary/aromatic N) is 1. The summed E-state index contributed by atoms with van der Waals surface area (Å²) in [7, 11) is 0. The van der Waals surface area contributed by atoms with Crippen molar-refractivity contribution in [3.63, 3.8) is 0 Å². The van der Waals surface area contributed by atoms with E-state index >= 15 is 0 Å². The van der Waals surface area contributed by atoms with Crippen LogP contribution in [0.4, 0.5) is 0 Å². The van der Waals surface area contributed by atoms with E-state index in [9.17, 15) is 4.79 Å². The van der Waals surface area contributed by atoms with Crippen molar-refractivity contribution in [2.24, 2.45) is 0 Å². The van der Waals surface area contributed by atoms with Gasteiger partial charge in [0.2, 0.25) is 0 Å². The molecular formula is C24H30N2O. The standard InChI is InChI=1S/C24H30N2O/c1-24-18-21(17-19-11-5-2-6-12-19)25-22(24)15-9-4-10-16-26(24)23(27)20-13-7-3-8-14-20/h2-3,5-8,11-14,21-22,25H,4,9-10,15-18H2,1H3/t21-,22+,24+/m1/s1. The smallest absolute Gasteiger partial charge is 0.254 e. The zero-order valence-electron chi connectivity index (χ0n) is 16.2. The van der Waals surface area contributed by atoms with Gasteiger partial charge in [-0.1, -0.05) is 61.4 Å². The molecule has 27 heavy (non-hydrogen) atoms. The van der Waals surface area contributed by atoms with Gasteiger partial charge in [-0.25, -0.2) is 0 Å². The van der Waals surface area contributed by atoms with Crippen LogP contribution in [0.25, 0.3) is 0 Å². The van der Waals surface area contributed by atoms with Crippen molar-refractivity contribution in [1.82, 2.24) is 10.2 Å². The van der Waals surface area contributed by atoms with Crippen LogP contribution in [-0.2, 0) is 6.42 Å². The van der Waals surface area contributed by atoms with Gasteiger partial charge in [0, 0.05) is 24.2 Å². The molecular weight excluding hydrogens is 332 g/mol. The molecule has 0 bridgehead atoms. The molecule has 2 aromatic rings. The fraction of sp³-hybridized carbons (Fsp3) is 0.458. The average Bonchev–Trinajstić information content (AvgIpc) is 2.99. The molecule has 1 N–H and O–H groups in total. The highest BCUT2D eigenvalue weighted by Gasteiger charge is 2.49. The third-order valence-electron chi connectivity index (χ3n) is 6.43. The maximum atomic E-state index is 13.4. The van der Waals surface area contributed by atoms with Crippen molar-refractivity contribution in [1.29, 1.82) is 0 Å². The molecule has 142 valence electrons. The molecule has 0 unspecified atom stereocenters. The van der Waals surface area contributed by atoms with E-state index in [-0.39, 0.29) is 11.4 Å². The van der Waals surface area contributed by atoms with Gasteiger partial charge >= 0.3 is 0 Å². The van der Waals surface area contributed by atoms with Crippen LogP contribution in [0.5, 0.6) is 0 Å². The number of hydrogen-bond donors (Lipinski definition) is 1. The van der Waals surface area contributed by atoms with Crippen LogP contribution in [0, 0.1) is 0 Å². The average molecular weight is 363 g/mol. The summed E-state index contributed by atoms with van der Waals surface area (Å²) in [4.78, 5) is 15.6. The first-order valence-corrected chi connectivity index (χ1v) is 10.3. The summed E-state index contributed by atoms with van der Waals surface area (Å²) in [6, 6.07) is 21.3. The van der Waals surface area contributed by atoms with Gasteiger partial charge in [-0.2, -0.15) is 0 Å². The monoisotopic (exact) mass is 362 g/mol. The molecule has 3 heteroatoms. The Bertz CT molecular complexity index is 760. The summed E-state index contributed by atoms with van der Waals surface area (Å²) in [5, 5.41) is 3.89. The summed E-state index contributed by atoms with van der Waals surface area (Å²) < 4.78 is 0. The number of rotatable bonds is 3. The van der Waals surface area contributed by atoms with E-state index in [4.69, 9.17) is 0 Å². The number of carbonyl (C=O) groups is 1. The van der Waals surface area contributed by atoms with E-state index in [2.05, 4.69) is 47.5 Å². The summed E-state index contributed by atoms with van der Waals surface area (Å²) >= 11 is 0. The molecule has 2 aromatic carbocycles. The molecule has 4 rings (SSSR count). The molecule has 0 spiro atoms. The Balaban J connectivity index is 1.59. The first-order chi connectivity index (χ1) is 13.2. The summed E-state index contributed by atoms with van der Waals surface area (Å²) in [5.41, 5.74) is 2.06. The van der Waals surface area contributed by atoms with Crippen LogP contribution >= 0.6 is 0 Å². The molecule has 1 amide bonds. The zero-order valence-corrected chi connectivity index (χ0v) is 16.2. The Morgan fingerprint density at radius 1 is 1.04 bits per heavy atom. The summed E-state index contributed by atoms with van der Waals surface area (Å²) in [5.74, 6) is 0.187. The lowest BCUT2D eigenvalue weighted by molar-refractivity contribution is 0.0426. The van der Waals surface area contributed by atoms with E-state index < -0.39 is 0 Å². The predicted molar refractivity (Wildman–Crippen MR) is 110 cm³/mol.